The van der Waals surface area contributed by atoms with E-state index in [0.29, 0.717) is 12.3 Å². The number of ether oxygens (including phenoxy) is 1. The summed E-state index contributed by atoms with van der Waals surface area (Å²) in [6.07, 6.45) is 0.798. The lowest BCUT2D eigenvalue weighted by Gasteiger charge is -2.30. The summed E-state index contributed by atoms with van der Waals surface area (Å²) >= 11 is 0. The zero-order valence-corrected chi connectivity index (χ0v) is 18.1. The van der Waals surface area contributed by atoms with Gasteiger partial charge in [0.1, 0.15) is 0 Å². The van der Waals surface area contributed by atoms with Crippen molar-refractivity contribution in [3.63, 3.8) is 0 Å². The molecule has 1 N–H and O–H groups in total. The zero-order chi connectivity index (χ0) is 20.8. The molecule has 0 heterocycles. The van der Waals surface area contributed by atoms with Gasteiger partial charge in [0.25, 0.3) is 0 Å². The Bertz CT molecular complexity index is 732. The Kier molecular flexibility index (Phi) is 8.40. The van der Waals surface area contributed by atoms with E-state index < -0.39 is 15.4 Å². The molecule has 1 atom stereocenters. The average molecular weight is 401 g/mol. The number of carbonyl (C=O) groups is 1. The van der Waals surface area contributed by atoms with Crippen molar-refractivity contribution in [2.24, 2.45) is 0 Å². The first-order chi connectivity index (χ1) is 12.5. The van der Waals surface area contributed by atoms with Crippen molar-refractivity contribution in [2.75, 3.05) is 7.11 Å². The summed E-state index contributed by atoms with van der Waals surface area (Å²) in [5, 5.41) is 2.22. The molecule has 0 bridgehead atoms. The third kappa shape index (κ3) is 6.61. The summed E-state index contributed by atoms with van der Waals surface area (Å²) in [6, 6.07) is 4.94. The van der Waals surface area contributed by atoms with E-state index in [1.807, 2.05) is 27.7 Å². The topological polar surface area (TPSA) is 84.9 Å². The number of hydrogen-bond donors (Lipinski definition) is 1. The fourth-order valence-corrected chi connectivity index (χ4v) is 2.85. The van der Waals surface area contributed by atoms with Gasteiger partial charge in [-0.25, -0.2) is 4.79 Å². The SMILES string of the molecule is CC[C@H](C)N(Cc1ccc(OC)c(OS(=O)(=O)C(C)C)c1)C(=O)NC(C)C. The van der Waals surface area contributed by atoms with E-state index in [9.17, 15) is 13.2 Å². The van der Waals surface area contributed by atoms with Crippen molar-refractivity contribution in [1.82, 2.24) is 10.2 Å². The molecule has 1 rings (SSSR count). The van der Waals surface area contributed by atoms with Crippen LogP contribution in [0.4, 0.5) is 4.79 Å². The van der Waals surface area contributed by atoms with E-state index in [-0.39, 0.29) is 23.9 Å². The number of nitrogens with one attached hydrogen (secondary N) is 1. The second kappa shape index (κ2) is 9.82. The fourth-order valence-electron chi connectivity index (χ4n) is 2.28. The van der Waals surface area contributed by atoms with E-state index in [0.717, 1.165) is 12.0 Å². The van der Waals surface area contributed by atoms with Gasteiger partial charge in [-0.3, -0.25) is 0 Å². The summed E-state index contributed by atoms with van der Waals surface area (Å²) in [7, 11) is -2.31. The van der Waals surface area contributed by atoms with Crippen LogP contribution in [-0.2, 0) is 16.7 Å². The lowest BCUT2D eigenvalue weighted by atomic mass is 10.1. The van der Waals surface area contributed by atoms with Crippen molar-refractivity contribution in [3.8, 4) is 11.5 Å². The Labute approximate surface area is 163 Å². The van der Waals surface area contributed by atoms with E-state index in [4.69, 9.17) is 8.92 Å². The molecule has 0 aliphatic rings. The van der Waals surface area contributed by atoms with Crippen LogP contribution in [0.2, 0.25) is 0 Å². The predicted molar refractivity (Wildman–Crippen MR) is 107 cm³/mol. The zero-order valence-electron chi connectivity index (χ0n) is 17.3. The number of amides is 2. The number of nitrogens with zero attached hydrogens (tertiary/aromatic N) is 1. The molecule has 0 fully saturated rings. The van der Waals surface area contributed by atoms with E-state index in [1.165, 1.54) is 7.11 Å². The Morgan fingerprint density at radius 2 is 1.78 bits per heavy atom. The molecular formula is C19H32N2O5S. The van der Waals surface area contributed by atoms with Crippen LogP contribution in [0.3, 0.4) is 0 Å². The normalized spacial score (nSPS) is 12.8. The molecule has 0 aliphatic carbocycles. The molecular weight excluding hydrogens is 368 g/mol. The molecule has 8 heteroatoms. The second-order valence-electron chi connectivity index (χ2n) is 7.10. The fraction of sp³-hybridized carbons (Fsp3) is 0.632. The highest BCUT2D eigenvalue weighted by Crippen LogP contribution is 2.31. The van der Waals surface area contributed by atoms with Crippen LogP contribution in [0.25, 0.3) is 0 Å². The highest BCUT2D eigenvalue weighted by Gasteiger charge is 2.23. The van der Waals surface area contributed by atoms with Gasteiger partial charge in [-0.05, 0) is 58.7 Å². The highest BCUT2D eigenvalue weighted by atomic mass is 32.2. The standard InChI is InChI=1S/C19H32N2O5S/c1-8-15(6)21(19(22)20-13(2)3)12-16-9-10-17(25-7)18(11-16)26-27(23,24)14(4)5/h9-11,13-15H,8,12H2,1-7H3,(H,20,22)/t15-/m0/s1. The number of benzene rings is 1. The van der Waals surface area contributed by atoms with E-state index in [1.54, 1.807) is 36.9 Å². The molecule has 1 aromatic carbocycles. The van der Waals surface area contributed by atoms with E-state index >= 15 is 0 Å². The minimum absolute atomic E-state index is 0.0228. The minimum Gasteiger partial charge on any atom is -0.493 e. The summed E-state index contributed by atoms with van der Waals surface area (Å²) in [5.74, 6) is 0.446. The predicted octanol–water partition coefficient (Wildman–Crippen LogP) is 3.53. The molecule has 154 valence electrons. The molecule has 0 unspecified atom stereocenters. The summed E-state index contributed by atoms with van der Waals surface area (Å²) in [5.41, 5.74) is 0.754. The quantitative estimate of drug-likeness (QED) is 0.641. The van der Waals surface area contributed by atoms with Crippen LogP contribution in [0.15, 0.2) is 18.2 Å². The summed E-state index contributed by atoms with van der Waals surface area (Å²) in [6.45, 7) is 11.2. The van der Waals surface area contributed by atoms with Gasteiger partial charge in [0.05, 0.1) is 12.4 Å². The van der Waals surface area contributed by atoms with Crippen LogP contribution < -0.4 is 14.2 Å². The van der Waals surface area contributed by atoms with Gasteiger partial charge in [-0.2, -0.15) is 8.42 Å². The van der Waals surface area contributed by atoms with Crippen LogP contribution in [0.5, 0.6) is 11.5 Å². The first-order valence-corrected chi connectivity index (χ1v) is 10.7. The summed E-state index contributed by atoms with van der Waals surface area (Å²) in [4.78, 5) is 14.3. The second-order valence-corrected chi connectivity index (χ2v) is 9.19. The lowest BCUT2D eigenvalue weighted by molar-refractivity contribution is 0.171. The maximum atomic E-state index is 12.5. The van der Waals surface area contributed by atoms with Crippen molar-refractivity contribution >= 4 is 16.1 Å². The van der Waals surface area contributed by atoms with Gasteiger partial charge in [0.15, 0.2) is 11.5 Å². The molecule has 7 nitrogen and oxygen atoms in total. The number of hydrogen-bond acceptors (Lipinski definition) is 5. The molecule has 0 radical (unpaired) electrons. The summed E-state index contributed by atoms with van der Waals surface area (Å²) < 4.78 is 34.7. The van der Waals surface area contributed by atoms with Crippen LogP contribution >= 0.6 is 0 Å². The Balaban J connectivity index is 3.17. The Morgan fingerprint density at radius 1 is 1.15 bits per heavy atom. The molecule has 0 aliphatic heterocycles. The van der Waals surface area contributed by atoms with Crippen molar-refractivity contribution in [1.29, 1.82) is 0 Å². The Morgan fingerprint density at radius 3 is 2.26 bits per heavy atom. The molecule has 0 spiro atoms. The molecule has 0 saturated carbocycles. The van der Waals surface area contributed by atoms with Crippen LogP contribution in [0.1, 0.15) is 53.5 Å². The van der Waals surface area contributed by atoms with Gasteiger partial charge in [0.2, 0.25) is 0 Å². The smallest absolute Gasteiger partial charge is 0.318 e. The highest BCUT2D eigenvalue weighted by molar-refractivity contribution is 7.87. The Hall–Kier alpha value is -1.96. The number of urea groups is 1. The van der Waals surface area contributed by atoms with Gasteiger partial charge >= 0.3 is 16.1 Å². The van der Waals surface area contributed by atoms with Crippen molar-refractivity contribution in [3.05, 3.63) is 23.8 Å². The van der Waals surface area contributed by atoms with Crippen LogP contribution in [0, 0.1) is 0 Å². The molecule has 0 saturated heterocycles. The molecule has 1 aromatic rings. The van der Waals surface area contributed by atoms with Gasteiger partial charge < -0.3 is 19.1 Å². The monoisotopic (exact) mass is 400 g/mol. The largest absolute Gasteiger partial charge is 0.493 e. The maximum absolute atomic E-state index is 12.5. The first-order valence-electron chi connectivity index (χ1n) is 9.19. The van der Waals surface area contributed by atoms with Crippen molar-refractivity contribution in [2.45, 2.75) is 71.8 Å². The average Bonchev–Trinajstić information content (AvgIpc) is 2.58. The van der Waals surface area contributed by atoms with Gasteiger partial charge in [-0.1, -0.05) is 13.0 Å². The first kappa shape index (κ1) is 23.1. The third-order valence-corrected chi connectivity index (χ3v) is 5.73. The molecule has 2 amide bonds. The minimum atomic E-state index is -3.76. The molecule has 0 aromatic heterocycles. The third-order valence-electron chi connectivity index (χ3n) is 4.16. The number of rotatable bonds is 9. The molecule has 27 heavy (non-hydrogen) atoms. The van der Waals surface area contributed by atoms with Crippen molar-refractivity contribution < 1.29 is 22.1 Å². The van der Waals surface area contributed by atoms with Gasteiger partial charge in [-0.15, -0.1) is 0 Å². The van der Waals surface area contributed by atoms with Crippen LogP contribution in [-0.4, -0.2) is 43.8 Å². The van der Waals surface area contributed by atoms with E-state index in [2.05, 4.69) is 5.32 Å². The maximum Gasteiger partial charge on any atom is 0.318 e. The lowest BCUT2D eigenvalue weighted by Crippen LogP contribution is -2.46. The van der Waals surface area contributed by atoms with Gasteiger partial charge in [0, 0.05) is 18.6 Å². The number of carbonyl (C=O) groups excluding carboxylic acids is 1. The number of methoxy groups -OCH3 is 1.